The van der Waals surface area contributed by atoms with Crippen LogP contribution in [0.2, 0.25) is 5.15 Å². The summed E-state index contributed by atoms with van der Waals surface area (Å²) in [5.74, 6) is 0.0873. The third-order valence-electron chi connectivity index (χ3n) is 8.90. The van der Waals surface area contributed by atoms with Crippen LogP contribution in [0.25, 0.3) is 11.6 Å². The number of aromatic amines is 1. The highest BCUT2D eigenvalue weighted by molar-refractivity contribution is 6.41. The average molecular weight is 724 g/mol. The third kappa shape index (κ3) is 8.10. The number of nitrogens with zero attached hydrogens (tertiary/aromatic N) is 6. The average Bonchev–Trinajstić information content (AvgIpc) is 3.47. The molecule has 2 aliphatic rings. The van der Waals surface area contributed by atoms with Gasteiger partial charge in [0.05, 0.1) is 42.2 Å². The van der Waals surface area contributed by atoms with Crippen LogP contribution in [-0.4, -0.2) is 111 Å². The van der Waals surface area contributed by atoms with E-state index in [4.69, 9.17) is 26.8 Å². The van der Waals surface area contributed by atoms with Crippen molar-refractivity contribution >= 4 is 52.9 Å². The highest BCUT2D eigenvalue weighted by atomic mass is 35.5. The molecule has 16 heteroatoms. The second-order valence-electron chi connectivity index (χ2n) is 13.9. The molecule has 51 heavy (non-hydrogen) atoms. The predicted octanol–water partition coefficient (Wildman–Crippen LogP) is 3.41. The molecular weight excluding hydrogens is 678 g/mol. The number of carbonyl (C=O) groups is 3. The Kier molecular flexibility index (Phi) is 10.9. The van der Waals surface area contributed by atoms with Crippen molar-refractivity contribution in [3.8, 4) is 5.75 Å². The summed E-state index contributed by atoms with van der Waals surface area (Å²) < 4.78 is 11.0. The molecule has 0 spiro atoms. The summed E-state index contributed by atoms with van der Waals surface area (Å²) in [5.41, 5.74) is 10.3. The quantitative estimate of drug-likeness (QED) is 0.187. The number of piperazine rings is 1. The summed E-state index contributed by atoms with van der Waals surface area (Å²) in [7, 11) is 1.58. The zero-order chi connectivity index (χ0) is 37.4. The van der Waals surface area contributed by atoms with Crippen molar-refractivity contribution in [1.29, 1.82) is 0 Å². The van der Waals surface area contributed by atoms with E-state index in [1.165, 1.54) is 4.90 Å². The van der Waals surface area contributed by atoms with Gasteiger partial charge in [-0.25, -0.2) is 9.78 Å². The molecule has 0 saturated carbocycles. The fourth-order valence-electron chi connectivity index (χ4n) is 6.38. The van der Waals surface area contributed by atoms with Crippen LogP contribution in [0.3, 0.4) is 0 Å². The van der Waals surface area contributed by atoms with E-state index in [1.54, 1.807) is 38.1 Å². The van der Waals surface area contributed by atoms with Gasteiger partial charge >= 0.3 is 6.09 Å². The minimum Gasteiger partial charge on any atom is -0.496 e. The van der Waals surface area contributed by atoms with Gasteiger partial charge in [0.1, 0.15) is 16.5 Å². The highest BCUT2D eigenvalue weighted by Crippen LogP contribution is 2.42. The number of hydrogen-bond acceptors (Lipinski definition) is 11. The number of aryl methyl sites for hydroxylation is 2. The lowest BCUT2D eigenvalue weighted by molar-refractivity contribution is -0.113. The van der Waals surface area contributed by atoms with Crippen molar-refractivity contribution in [2.75, 3.05) is 57.0 Å². The monoisotopic (exact) mass is 723 g/mol. The van der Waals surface area contributed by atoms with Crippen LogP contribution in [0.15, 0.2) is 6.20 Å². The fourth-order valence-corrected chi connectivity index (χ4v) is 6.65. The molecule has 5 heterocycles. The molecule has 15 nitrogen and oxygen atoms in total. The maximum absolute atomic E-state index is 14.0. The van der Waals surface area contributed by atoms with Crippen molar-refractivity contribution in [3.05, 3.63) is 56.2 Å². The van der Waals surface area contributed by atoms with Gasteiger partial charge in [0.2, 0.25) is 5.95 Å². The summed E-state index contributed by atoms with van der Waals surface area (Å²) in [6.45, 7) is 15.4. The Morgan fingerprint density at radius 1 is 1.14 bits per heavy atom. The van der Waals surface area contributed by atoms with Gasteiger partial charge in [-0.15, -0.1) is 0 Å². The van der Waals surface area contributed by atoms with E-state index in [1.807, 2.05) is 39.5 Å². The van der Waals surface area contributed by atoms with Crippen LogP contribution in [0, 0.1) is 27.7 Å². The number of anilines is 2. The molecule has 0 radical (unpaired) electrons. The minimum absolute atomic E-state index is 0.0184. The second-order valence-corrected chi connectivity index (χ2v) is 14.2. The van der Waals surface area contributed by atoms with Gasteiger partial charge in [0, 0.05) is 68.0 Å². The topological polar surface area (TPSA) is 192 Å². The molecule has 3 aromatic rings. The predicted molar refractivity (Wildman–Crippen MR) is 194 cm³/mol. The Labute approximate surface area is 302 Å². The van der Waals surface area contributed by atoms with Gasteiger partial charge in [-0.1, -0.05) is 11.6 Å². The second kappa shape index (κ2) is 14.9. The number of rotatable bonds is 9. The lowest BCUT2D eigenvalue weighted by Crippen LogP contribution is -2.52. The van der Waals surface area contributed by atoms with Crippen LogP contribution in [0.1, 0.15) is 70.5 Å². The van der Waals surface area contributed by atoms with Crippen molar-refractivity contribution in [1.82, 2.24) is 35.1 Å². The fraction of sp³-hybridized carbons (Fsp3) is 0.486. The van der Waals surface area contributed by atoms with Crippen LogP contribution >= 0.6 is 11.6 Å². The van der Waals surface area contributed by atoms with Gasteiger partial charge in [-0.3, -0.25) is 24.4 Å². The zero-order valence-electron chi connectivity index (χ0n) is 30.3. The van der Waals surface area contributed by atoms with Crippen molar-refractivity contribution in [2.45, 2.75) is 66.7 Å². The molecule has 3 aromatic heterocycles. The molecule has 1 unspecified atom stereocenters. The maximum atomic E-state index is 14.0. The van der Waals surface area contributed by atoms with Crippen molar-refractivity contribution in [2.24, 2.45) is 0 Å². The minimum atomic E-state index is -0.831. The SMILES string of the molecule is COc1c(C)cnc(CN2C(=O)C(=Cc3[nH]c(C)c(C(=O)NCC(O)CN4CCN(C(=O)OC(C)(C)C)CC4)c3C)c3c(Cl)nc(N)nc32)c1C. The largest absolute Gasteiger partial charge is 0.496 e. The molecule has 0 aliphatic carbocycles. The lowest BCUT2D eigenvalue weighted by atomic mass is 10.1. The number of carbonyl (C=O) groups excluding carboxylic acids is 3. The maximum Gasteiger partial charge on any atom is 0.410 e. The molecule has 3 amide bonds. The number of halogens is 1. The Morgan fingerprint density at radius 2 is 1.82 bits per heavy atom. The Morgan fingerprint density at radius 3 is 2.47 bits per heavy atom. The van der Waals surface area contributed by atoms with E-state index in [0.717, 1.165) is 11.1 Å². The first-order valence-electron chi connectivity index (χ1n) is 16.7. The van der Waals surface area contributed by atoms with E-state index < -0.39 is 11.7 Å². The number of amides is 3. The summed E-state index contributed by atoms with van der Waals surface area (Å²) in [5, 5.41) is 13.6. The van der Waals surface area contributed by atoms with E-state index in [2.05, 4.69) is 25.3 Å². The van der Waals surface area contributed by atoms with Crippen LogP contribution in [0.5, 0.6) is 5.75 Å². The van der Waals surface area contributed by atoms with Crippen molar-refractivity contribution in [3.63, 3.8) is 0 Å². The van der Waals surface area contributed by atoms with Gasteiger partial charge < -0.3 is 35.5 Å². The Hall–Kier alpha value is -4.73. The number of ether oxygens (including phenoxy) is 2. The number of fused-ring (bicyclic) bond motifs is 1. The van der Waals surface area contributed by atoms with Gasteiger partial charge in [0.25, 0.3) is 11.8 Å². The summed E-state index contributed by atoms with van der Waals surface area (Å²) >= 11 is 6.57. The molecule has 2 aliphatic heterocycles. The van der Waals surface area contributed by atoms with E-state index in [0.29, 0.717) is 72.2 Å². The van der Waals surface area contributed by atoms with Gasteiger partial charge in [0.15, 0.2) is 5.82 Å². The van der Waals surface area contributed by atoms with E-state index in [9.17, 15) is 19.5 Å². The number of hydrogen-bond donors (Lipinski definition) is 4. The van der Waals surface area contributed by atoms with Crippen molar-refractivity contribution < 1.29 is 29.0 Å². The standard InChI is InChI=1S/C35H46ClN9O6/c1-18-14-38-25(20(3)28(18)50-8)17-45-30-27(29(36)41-33(37)42-30)23(32(45)48)13-24-19(2)26(21(4)40-24)31(47)39-15-22(46)16-43-9-11-44(12-10-43)34(49)51-35(5,6)7/h13-14,22,40,46H,9-12,15-17H2,1-8H3,(H,39,47)(H2,37,41,42). The Balaban J connectivity index is 1.29. The number of β-amino-alcohol motifs (C(OH)–C–C–N with tert-alkyl or cyclic N) is 1. The summed E-state index contributed by atoms with van der Waals surface area (Å²) in [4.78, 5) is 61.2. The molecule has 0 bridgehead atoms. The smallest absolute Gasteiger partial charge is 0.410 e. The number of aliphatic hydroxyl groups is 1. The van der Waals surface area contributed by atoms with Crippen LogP contribution in [0.4, 0.5) is 16.6 Å². The number of nitrogens with two attached hydrogens (primary N) is 1. The number of nitrogens with one attached hydrogen (secondary N) is 2. The molecule has 5 rings (SSSR count). The number of nitrogen functional groups attached to an aromatic ring is 1. The first-order valence-corrected chi connectivity index (χ1v) is 17.1. The summed E-state index contributed by atoms with van der Waals surface area (Å²) in [6.07, 6.45) is 2.14. The molecule has 274 valence electrons. The molecule has 1 fully saturated rings. The molecule has 5 N–H and O–H groups in total. The summed E-state index contributed by atoms with van der Waals surface area (Å²) in [6, 6.07) is 0. The highest BCUT2D eigenvalue weighted by Gasteiger charge is 2.38. The number of methoxy groups -OCH3 is 1. The lowest BCUT2D eigenvalue weighted by Gasteiger charge is -2.36. The zero-order valence-corrected chi connectivity index (χ0v) is 31.1. The number of H-pyrrole nitrogens is 1. The number of pyridine rings is 1. The normalized spacial score (nSPS) is 16.4. The van der Waals surface area contributed by atoms with E-state index in [-0.39, 0.29) is 53.5 Å². The first-order chi connectivity index (χ1) is 24.0. The molecular formula is C35H46ClN9O6. The Bertz CT molecular complexity index is 1880. The first kappa shape index (κ1) is 37.5. The number of aliphatic hydroxyl groups excluding tert-OH is 1. The van der Waals surface area contributed by atoms with Gasteiger partial charge in [-0.2, -0.15) is 4.98 Å². The number of aromatic nitrogens is 4. The van der Waals surface area contributed by atoms with E-state index >= 15 is 0 Å². The third-order valence-corrected chi connectivity index (χ3v) is 9.18. The van der Waals surface area contributed by atoms with Crippen LogP contribution in [-0.2, 0) is 16.1 Å². The van der Waals surface area contributed by atoms with Gasteiger partial charge in [-0.05, 0) is 60.1 Å². The molecule has 1 saturated heterocycles. The molecule has 0 aromatic carbocycles. The van der Waals surface area contributed by atoms with Crippen LogP contribution < -0.4 is 20.7 Å². The molecule has 1 atom stereocenters.